The van der Waals surface area contributed by atoms with Crippen LogP contribution in [0, 0.1) is 0 Å². The van der Waals surface area contributed by atoms with E-state index < -0.39 is 10.0 Å². The van der Waals surface area contributed by atoms with E-state index in [1.54, 1.807) is 52.3 Å². The normalized spacial score (nSPS) is 16.3. The van der Waals surface area contributed by atoms with Crippen molar-refractivity contribution in [2.24, 2.45) is 0 Å². The zero-order valence-corrected chi connectivity index (χ0v) is 15.3. The van der Waals surface area contributed by atoms with Crippen LogP contribution in [0.2, 0.25) is 0 Å². The van der Waals surface area contributed by atoms with Gasteiger partial charge >= 0.3 is 0 Å². The highest BCUT2D eigenvalue weighted by molar-refractivity contribution is 9.10. The van der Waals surface area contributed by atoms with Gasteiger partial charge in [0, 0.05) is 32.4 Å². The summed E-state index contributed by atoms with van der Waals surface area (Å²) >= 11 is 3.29. The van der Waals surface area contributed by atoms with Crippen molar-refractivity contribution < 1.29 is 13.2 Å². The summed E-state index contributed by atoms with van der Waals surface area (Å²) in [6, 6.07) is 8.36. The molecular formula is C15H17BrN4O3S. The van der Waals surface area contributed by atoms with Gasteiger partial charge in [-0.15, -0.1) is 0 Å². The van der Waals surface area contributed by atoms with Crippen molar-refractivity contribution >= 4 is 31.9 Å². The van der Waals surface area contributed by atoms with Crippen LogP contribution < -0.4 is 0 Å². The molecule has 2 heterocycles. The molecule has 0 aliphatic carbocycles. The van der Waals surface area contributed by atoms with Crippen molar-refractivity contribution in [3.63, 3.8) is 0 Å². The molecule has 0 bridgehead atoms. The van der Waals surface area contributed by atoms with E-state index in [1.807, 2.05) is 0 Å². The molecule has 24 heavy (non-hydrogen) atoms. The molecule has 1 aromatic heterocycles. The van der Waals surface area contributed by atoms with Gasteiger partial charge in [0.25, 0.3) is 0 Å². The van der Waals surface area contributed by atoms with Crippen molar-refractivity contribution in [1.29, 1.82) is 0 Å². The van der Waals surface area contributed by atoms with Crippen molar-refractivity contribution in [2.75, 3.05) is 26.2 Å². The van der Waals surface area contributed by atoms with E-state index in [0.717, 1.165) is 4.47 Å². The van der Waals surface area contributed by atoms with E-state index in [0.29, 0.717) is 26.2 Å². The monoisotopic (exact) mass is 412 g/mol. The van der Waals surface area contributed by atoms with Gasteiger partial charge < -0.3 is 4.90 Å². The van der Waals surface area contributed by atoms with Gasteiger partial charge in [-0.1, -0.05) is 18.2 Å². The molecule has 1 aliphatic rings. The third kappa shape index (κ3) is 3.68. The van der Waals surface area contributed by atoms with Crippen LogP contribution in [-0.4, -0.2) is 59.5 Å². The van der Waals surface area contributed by atoms with Crippen molar-refractivity contribution in [3.8, 4) is 0 Å². The average molecular weight is 413 g/mol. The van der Waals surface area contributed by atoms with Crippen LogP contribution in [0.1, 0.15) is 0 Å². The molecule has 1 fully saturated rings. The second kappa shape index (κ2) is 7.04. The van der Waals surface area contributed by atoms with Crippen LogP contribution in [0.4, 0.5) is 0 Å². The lowest BCUT2D eigenvalue weighted by Crippen LogP contribution is -2.51. The summed E-state index contributed by atoms with van der Waals surface area (Å²) in [5, 5.41) is 4.06. The van der Waals surface area contributed by atoms with Gasteiger partial charge in [0.05, 0.1) is 15.6 Å². The highest BCUT2D eigenvalue weighted by Gasteiger charge is 2.29. The molecule has 1 aliphatic heterocycles. The summed E-state index contributed by atoms with van der Waals surface area (Å²) in [5.41, 5.74) is 0. The minimum atomic E-state index is -3.50. The summed E-state index contributed by atoms with van der Waals surface area (Å²) in [7, 11) is -3.50. The average Bonchev–Trinajstić information content (AvgIpc) is 3.00. The number of benzene rings is 1. The smallest absolute Gasteiger partial charge is 0.244 e. The lowest BCUT2D eigenvalue weighted by molar-refractivity contribution is -0.133. The maximum Gasteiger partial charge on any atom is 0.244 e. The molecule has 0 N–H and O–H groups in total. The first kappa shape index (κ1) is 17.1. The van der Waals surface area contributed by atoms with Crippen LogP contribution in [0.3, 0.4) is 0 Å². The molecule has 7 nitrogen and oxygen atoms in total. The Balaban J connectivity index is 1.60. The first-order valence-electron chi connectivity index (χ1n) is 7.48. The molecule has 128 valence electrons. The number of rotatable bonds is 4. The van der Waals surface area contributed by atoms with E-state index in [1.165, 1.54) is 4.31 Å². The van der Waals surface area contributed by atoms with Gasteiger partial charge in [0.2, 0.25) is 15.9 Å². The molecule has 0 spiro atoms. The van der Waals surface area contributed by atoms with Crippen molar-refractivity contribution in [2.45, 2.75) is 11.4 Å². The number of amides is 1. The highest BCUT2D eigenvalue weighted by atomic mass is 79.9. The maximum atomic E-state index is 12.6. The Morgan fingerprint density at radius 3 is 2.38 bits per heavy atom. The third-order valence-corrected chi connectivity index (χ3v) is 6.19. The van der Waals surface area contributed by atoms with Crippen LogP contribution >= 0.6 is 15.9 Å². The van der Waals surface area contributed by atoms with E-state index in [9.17, 15) is 13.2 Å². The number of aromatic nitrogens is 2. The fourth-order valence-corrected chi connectivity index (χ4v) is 4.35. The quantitative estimate of drug-likeness (QED) is 0.755. The van der Waals surface area contributed by atoms with Crippen molar-refractivity contribution in [1.82, 2.24) is 19.0 Å². The predicted molar refractivity (Wildman–Crippen MR) is 91.7 cm³/mol. The molecule has 3 rings (SSSR count). The van der Waals surface area contributed by atoms with Crippen LogP contribution in [0.15, 0.2) is 52.1 Å². The molecule has 1 amide bonds. The molecule has 2 aromatic rings. The molecule has 9 heteroatoms. The van der Waals surface area contributed by atoms with Crippen molar-refractivity contribution in [3.05, 3.63) is 47.2 Å². The van der Waals surface area contributed by atoms with E-state index in [2.05, 4.69) is 21.0 Å². The van der Waals surface area contributed by atoms with E-state index in [-0.39, 0.29) is 17.3 Å². The summed E-state index contributed by atoms with van der Waals surface area (Å²) in [4.78, 5) is 14.2. The summed E-state index contributed by atoms with van der Waals surface area (Å²) in [5.74, 6) is -0.0673. The fraction of sp³-hybridized carbons (Fsp3) is 0.333. The second-order valence-electron chi connectivity index (χ2n) is 5.45. The molecule has 1 saturated heterocycles. The lowest BCUT2D eigenvalue weighted by Gasteiger charge is -2.34. The number of piperazine rings is 1. The first-order valence-corrected chi connectivity index (χ1v) is 9.71. The number of sulfonamides is 1. The SMILES string of the molecule is O=C(Cn1cc(Br)cn1)N1CCN(S(=O)(=O)c2ccccc2)CC1. The Labute approximate surface area is 149 Å². The topological polar surface area (TPSA) is 75.5 Å². The summed E-state index contributed by atoms with van der Waals surface area (Å²) < 4.78 is 28.9. The predicted octanol–water partition coefficient (Wildman–Crippen LogP) is 1.18. The van der Waals surface area contributed by atoms with Gasteiger partial charge in [-0.25, -0.2) is 8.42 Å². The minimum Gasteiger partial charge on any atom is -0.338 e. The zero-order valence-electron chi connectivity index (χ0n) is 12.9. The van der Waals surface area contributed by atoms with Crippen LogP contribution in [0.25, 0.3) is 0 Å². The van der Waals surface area contributed by atoms with Gasteiger partial charge in [0.1, 0.15) is 6.54 Å². The maximum absolute atomic E-state index is 12.6. The third-order valence-electron chi connectivity index (χ3n) is 3.87. The van der Waals surface area contributed by atoms with Gasteiger partial charge in [-0.2, -0.15) is 9.40 Å². The van der Waals surface area contributed by atoms with Gasteiger partial charge in [0.15, 0.2) is 0 Å². The Morgan fingerprint density at radius 2 is 1.79 bits per heavy atom. The molecule has 0 atom stereocenters. The Morgan fingerprint density at radius 1 is 1.12 bits per heavy atom. The van der Waals surface area contributed by atoms with E-state index in [4.69, 9.17) is 0 Å². The largest absolute Gasteiger partial charge is 0.338 e. The first-order chi connectivity index (χ1) is 11.5. The molecular weight excluding hydrogens is 396 g/mol. The molecule has 0 saturated carbocycles. The Hall–Kier alpha value is -1.71. The Kier molecular flexibility index (Phi) is 5.02. The van der Waals surface area contributed by atoms with Crippen LogP contribution in [0.5, 0.6) is 0 Å². The van der Waals surface area contributed by atoms with Crippen LogP contribution in [-0.2, 0) is 21.4 Å². The number of carbonyl (C=O) groups is 1. The van der Waals surface area contributed by atoms with Gasteiger partial charge in [-0.3, -0.25) is 9.48 Å². The number of hydrogen-bond acceptors (Lipinski definition) is 4. The van der Waals surface area contributed by atoms with Gasteiger partial charge in [-0.05, 0) is 28.1 Å². The number of hydrogen-bond donors (Lipinski definition) is 0. The zero-order chi connectivity index (χ0) is 17.2. The summed E-state index contributed by atoms with van der Waals surface area (Å²) in [6.07, 6.45) is 3.35. The number of carbonyl (C=O) groups excluding carboxylic acids is 1. The minimum absolute atomic E-state index is 0.0673. The lowest BCUT2D eigenvalue weighted by atomic mass is 10.3. The fourth-order valence-electron chi connectivity index (χ4n) is 2.58. The molecule has 1 aromatic carbocycles. The molecule has 0 unspecified atom stereocenters. The second-order valence-corrected chi connectivity index (χ2v) is 8.31. The molecule has 0 radical (unpaired) electrons. The Bertz CT molecular complexity index is 814. The summed E-state index contributed by atoms with van der Waals surface area (Å²) in [6.45, 7) is 1.51. The number of nitrogens with zero attached hydrogens (tertiary/aromatic N) is 4. The highest BCUT2D eigenvalue weighted by Crippen LogP contribution is 2.17. The van der Waals surface area contributed by atoms with E-state index >= 15 is 0 Å². The number of halogens is 1. The standard InChI is InChI=1S/C15H17BrN4O3S/c16-13-10-17-19(11-13)12-15(21)18-6-8-20(9-7-18)24(22,23)14-4-2-1-3-5-14/h1-5,10-11H,6-9,12H2.